The summed E-state index contributed by atoms with van der Waals surface area (Å²) in [6.07, 6.45) is 6.76. The van der Waals surface area contributed by atoms with Gasteiger partial charge in [0.05, 0.1) is 0 Å². The largest absolute Gasteiger partial charge is 1.00 e. The van der Waals surface area contributed by atoms with Gasteiger partial charge in [-0.05, 0) is 6.42 Å². The summed E-state index contributed by atoms with van der Waals surface area (Å²) in [5.74, 6) is 0.518. The van der Waals surface area contributed by atoms with Crippen molar-refractivity contribution in [1.29, 1.82) is 0 Å². The van der Waals surface area contributed by atoms with Crippen LogP contribution in [-0.2, 0) is 30.7 Å². The molecule has 0 heterocycles. The van der Waals surface area contributed by atoms with Gasteiger partial charge < -0.3 is 24.8 Å². The molecular weight excluding hydrogens is 546 g/mol. The van der Waals surface area contributed by atoms with E-state index in [0.29, 0.717) is 11.3 Å². The summed E-state index contributed by atoms with van der Waals surface area (Å²) in [7, 11) is 0. The Balaban J connectivity index is 0.000000260. The van der Waals surface area contributed by atoms with Gasteiger partial charge in [-0.3, -0.25) is 6.08 Å². The van der Waals surface area contributed by atoms with Gasteiger partial charge in [-0.25, -0.2) is 5.57 Å². The molecule has 3 aromatic rings. The van der Waals surface area contributed by atoms with Gasteiger partial charge in [0.25, 0.3) is 0 Å². The third kappa shape index (κ3) is 8.82. The first kappa shape index (κ1) is 31.5. The number of benzene rings is 3. The smallest absolute Gasteiger partial charge is 0.0253 e. The normalized spacial score (nSPS) is 14.8. The molecule has 0 saturated heterocycles. The van der Waals surface area contributed by atoms with E-state index in [1.807, 2.05) is 12.1 Å². The summed E-state index contributed by atoms with van der Waals surface area (Å²) < 4.78 is 1.46. The Hall–Kier alpha value is -1.53. The van der Waals surface area contributed by atoms with E-state index in [2.05, 4.69) is 120 Å². The predicted molar refractivity (Wildman–Crippen MR) is 139 cm³/mol. The van der Waals surface area contributed by atoms with E-state index in [4.69, 9.17) is 0 Å². The fourth-order valence-electron chi connectivity index (χ4n) is 4.33. The number of halogens is 2. The molecule has 0 aliphatic heterocycles. The Labute approximate surface area is 240 Å². The molecule has 0 nitrogen and oxygen atoms in total. The van der Waals surface area contributed by atoms with Crippen molar-refractivity contribution in [1.82, 2.24) is 0 Å². The number of allylic oxidation sites excluding steroid dienone is 4. The minimum absolute atomic E-state index is 0. The molecule has 35 heavy (non-hydrogen) atoms. The maximum atomic E-state index is 3.40. The minimum atomic E-state index is 0. The first-order valence-electron chi connectivity index (χ1n) is 11.7. The van der Waals surface area contributed by atoms with Gasteiger partial charge in [-0.2, -0.15) is 41.5 Å². The van der Waals surface area contributed by atoms with Crippen molar-refractivity contribution in [2.45, 2.75) is 48.0 Å². The van der Waals surface area contributed by atoms with E-state index in [9.17, 15) is 0 Å². The Morgan fingerprint density at radius 1 is 0.886 bits per heavy atom. The molecule has 0 aromatic heterocycles. The Kier molecular flexibility index (Phi) is 12.8. The van der Waals surface area contributed by atoms with Crippen molar-refractivity contribution in [3.05, 3.63) is 119 Å². The summed E-state index contributed by atoms with van der Waals surface area (Å²) in [6, 6.07) is 28.6. The second-order valence-corrected chi connectivity index (χ2v) is 11.6. The third-order valence-electron chi connectivity index (χ3n) is 5.90. The summed E-state index contributed by atoms with van der Waals surface area (Å²) in [5.41, 5.74) is 9.98. The molecule has 1 unspecified atom stereocenters. The fraction of sp³-hybridized carbons (Fsp3) is 0.281. The zero-order chi connectivity index (χ0) is 24.0. The first-order valence-corrected chi connectivity index (χ1v) is 12.9. The minimum Gasteiger partial charge on any atom is -1.00 e. The molecule has 0 fully saturated rings. The summed E-state index contributed by atoms with van der Waals surface area (Å²) in [5, 5.41) is 0. The Bertz CT molecular complexity index is 1120. The maximum Gasteiger partial charge on any atom is -0.0253 e. The summed E-state index contributed by atoms with van der Waals surface area (Å²) in [6.45, 7) is 13.3. The van der Waals surface area contributed by atoms with Crippen molar-refractivity contribution in [3.63, 3.8) is 0 Å². The van der Waals surface area contributed by atoms with E-state index < -0.39 is 0 Å². The molecule has 0 N–H and O–H groups in total. The van der Waals surface area contributed by atoms with Crippen LogP contribution in [0.3, 0.4) is 0 Å². The van der Waals surface area contributed by atoms with Gasteiger partial charge in [-0.1, -0.05) is 81.3 Å². The topological polar surface area (TPSA) is 0 Å². The zero-order valence-electron chi connectivity index (χ0n) is 21.5. The molecule has 0 amide bonds. The molecule has 0 saturated carbocycles. The van der Waals surface area contributed by atoms with Crippen LogP contribution in [0, 0.1) is 23.5 Å². The van der Waals surface area contributed by atoms with Crippen LogP contribution in [-0.4, -0.2) is 3.21 Å². The van der Waals surface area contributed by atoms with E-state index in [-0.39, 0.29) is 24.8 Å². The molecular formula is C32H34Cl2Zr-2. The van der Waals surface area contributed by atoms with E-state index >= 15 is 0 Å². The van der Waals surface area contributed by atoms with Crippen LogP contribution in [0.1, 0.15) is 58.2 Å². The van der Waals surface area contributed by atoms with Crippen LogP contribution in [0.4, 0.5) is 0 Å². The van der Waals surface area contributed by atoms with Gasteiger partial charge in [-0.15, -0.1) is 5.56 Å². The summed E-state index contributed by atoms with van der Waals surface area (Å²) >= 11 is 1.51. The summed E-state index contributed by atoms with van der Waals surface area (Å²) in [4.78, 5) is 0. The van der Waals surface area contributed by atoms with Crippen molar-refractivity contribution in [2.24, 2.45) is 11.3 Å². The molecule has 3 heteroatoms. The van der Waals surface area contributed by atoms with Crippen LogP contribution < -0.4 is 24.8 Å². The van der Waals surface area contributed by atoms with Crippen molar-refractivity contribution >= 4 is 3.21 Å². The van der Waals surface area contributed by atoms with Crippen LogP contribution in [0.5, 0.6) is 0 Å². The van der Waals surface area contributed by atoms with Gasteiger partial charge in [0, 0.05) is 0 Å². The molecule has 0 radical (unpaired) electrons. The number of hydrogen-bond donors (Lipinski definition) is 0. The van der Waals surface area contributed by atoms with E-state index in [1.165, 1.54) is 66.4 Å². The molecule has 2 aliphatic carbocycles. The first-order chi connectivity index (χ1) is 15.7. The van der Waals surface area contributed by atoms with Crippen LogP contribution in [0.25, 0.3) is 11.1 Å². The van der Waals surface area contributed by atoms with Crippen molar-refractivity contribution in [3.8, 4) is 11.1 Å². The molecule has 5 rings (SSSR count). The quantitative estimate of drug-likeness (QED) is 0.303. The predicted octanol–water partition coefficient (Wildman–Crippen LogP) is 2.20. The molecule has 182 valence electrons. The third-order valence-corrected chi connectivity index (χ3v) is 6.61. The Morgan fingerprint density at radius 3 is 2.00 bits per heavy atom. The van der Waals surface area contributed by atoms with Gasteiger partial charge in [0.15, 0.2) is 0 Å². The molecule has 0 spiro atoms. The van der Waals surface area contributed by atoms with Crippen LogP contribution in [0.15, 0.2) is 90.0 Å². The number of hydrogen-bond acceptors (Lipinski definition) is 0. The van der Waals surface area contributed by atoms with Gasteiger partial charge in [0.2, 0.25) is 0 Å². The van der Waals surface area contributed by atoms with Crippen molar-refractivity contribution < 1.29 is 49.0 Å². The Morgan fingerprint density at radius 2 is 1.49 bits per heavy atom. The second kappa shape index (κ2) is 14.3. The molecule has 2 aliphatic rings. The molecule has 0 bridgehead atoms. The molecule has 1 atom stereocenters. The fourth-order valence-corrected chi connectivity index (χ4v) is 4.74. The van der Waals surface area contributed by atoms with Gasteiger partial charge in [0.1, 0.15) is 0 Å². The number of rotatable bonds is 1. The standard InChI is InChI=1S/C13H9.C11H17.C8H8.2ClH.Zr/c1-3-7-12-10(5-1)9-11-6-2-4-8-13(11)12;1-8-6-9(2)10(7-8)11(3,4)5;1-2-8-6-4-3-5-7-8;;;/h1-5,7-8H,9H2;7-8H,1-5H3;3-7H,1H3;2*1H;/q2*-1;;;;+2/p-2. The van der Waals surface area contributed by atoms with E-state index in [0.717, 1.165) is 6.42 Å². The van der Waals surface area contributed by atoms with Crippen molar-refractivity contribution in [2.75, 3.05) is 0 Å². The maximum absolute atomic E-state index is 3.40. The zero-order valence-corrected chi connectivity index (χ0v) is 25.5. The van der Waals surface area contributed by atoms with E-state index in [1.54, 1.807) is 0 Å². The average Bonchev–Trinajstić information content (AvgIpc) is 3.34. The van der Waals surface area contributed by atoms with Gasteiger partial charge >= 0.3 is 70.3 Å². The van der Waals surface area contributed by atoms with Crippen LogP contribution in [0.2, 0.25) is 0 Å². The van der Waals surface area contributed by atoms with Crippen LogP contribution >= 0.6 is 0 Å². The second-order valence-electron chi connectivity index (χ2n) is 9.78. The molecule has 3 aromatic carbocycles. The number of fused-ring (bicyclic) bond motifs is 3. The average molecular weight is 581 g/mol. The monoisotopic (exact) mass is 578 g/mol. The SMILES string of the molecule is CC1=[C-]C(C)C=C1C(C)(C)C.C[C](=[Zr+2])c1ccccc1.[Cl-].[Cl-].[c-]1cccc2c1Cc1ccccc1-2.